The lowest BCUT2D eigenvalue weighted by molar-refractivity contribution is -0.127. The average molecular weight is 354 g/mol. The fraction of sp³-hybridized carbons (Fsp3) is 0.300. The Kier molecular flexibility index (Phi) is 7.49. The zero-order chi connectivity index (χ0) is 18.8. The second kappa shape index (κ2) is 10.1. The molecule has 6 heteroatoms. The quantitative estimate of drug-likeness (QED) is 0.593. The molecule has 0 aromatic heterocycles. The third-order valence-electron chi connectivity index (χ3n) is 3.60. The molecule has 0 bridgehead atoms. The summed E-state index contributed by atoms with van der Waals surface area (Å²) in [7, 11) is 3.45. The Morgan fingerprint density at radius 1 is 1.04 bits per heavy atom. The number of nitrogens with one attached hydrogen (secondary N) is 2. The first kappa shape index (κ1) is 19.3. The van der Waals surface area contributed by atoms with Crippen molar-refractivity contribution >= 4 is 11.9 Å². The molecule has 0 atom stereocenters. The van der Waals surface area contributed by atoms with E-state index in [1.54, 1.807) is 19.0 Å². The number of hydrogen-bond donors (Lipinski definition) is 2. The van der Waals surface area contributed by atoms with E-state index in [0.29, 0.717) is 19.0 Å². The van der Waals surface area contributed by atoms with Crippen LogP contribution in [0.5, 0.6) is 11.5 Å². The maximum Gasteiger partial charge on any atom is 0.241 e. The van der Waals surface area contributed by atoms with Crippen LogP contribution in [0.3, 0.4) is 0 Å². The fourth-order valence-electron chi connectivity index (χ4n) is 2.17. The monoisotopic (exact) mass is 354 g/mol. The van der Waals surface area contributed by atoms with E-state index >= 15 is 0 Å². The summed E-state index contributed by atoms with van der Waals surface area (Å²) >= 11 is 0. The number of carbonyl (C=O) groups excluding carboxylic acids is 1. The Morgan fingerprint density at radius 2 is 1.73 bits per heavy atom. The van der Waals surface area contributed by atoms with E-state index < -0.39 is 0 Å². The Balaban J connectivity index is 2.07. The number of guanidine groups is 1. The second-order valence-corrected chi connectivity index (χ2v) is 5.86. The van der Waals surface area contributed by atoms with Crippen LogP contribution in [0, 0.1) is 0 Å². The maximum atomic E-state index is 11.7. The average Bonchev–Trinajstić information content (AvgIpc) is 2.65. The van der Waals surface area contributed by atoms with Crippen LogP contribution in [0.2, 0.25) is 0 Å². The Hall–Kier alpha value is -3.02. The van der Waals surface area contributed by atoms with Crippen molar-refractivity contribution in [3.63, 3.8) is 0 Å². The standard InChI is InChI=1S/C20H26N4O2/c1-4-21-20(23-15-19(25)24(2)3)22-14-16-10-8-9-13-18(16)26-17-11-6-5-7-12-17/h5-13H,4,14-15H2,1-3H3,(H2,21,22,23). The van der Waals surface area contributed by atoms with Gasteiger partial charge in [0.15, 0.2) is 5.96 Å². The number of rotatable bonds is 7. The summed E-state index contributed by atoms with van der Waals surface area (Å²) in [5, 5.41) is 6.19. The number of ether oxygens (including phenoxy) is 1. The Bertz CT molecular complexity index is 730. The highest BCUT2D eigenvalue weighted by molar-refractivity contribution is 5.86. The molecule has 2 N–H and O–H groups in total. The fourth-order valence-corrected chi connectivity index (χ4v) is 2.17. The van der Waals surface area contributed by atoms with Crippen LogP contribution in [-0.4, -0.2) is 44.0 Å². The molecular formula is C20H26N4O2. The van der Waals surface area contributed by atoms with Gasteiger partial charge in [-0.25, -0.2) is 4.99 Å². The minimum atomic E-state index is -0.0107. The van der Waals surface area contributed by atoms with Crippen molar-refractivity contribution in [1.82, 2.24) is 15.5 Å². The molecule has 26 heavy (non-hydrogen) atoms. The first-order valence-corrected chi connectivity index (χ1v) is 8.63. The molecular weight excluding hydrogens is 328 g/mol. The van der Waals surface area contributed by atoms with Gasteiger partial charge in [-0.15, -0.1) is 0 Å². The van der Waals surface area contributed by atoms with Crippen LogP contribution in [0.1, 0.15) is 12.5 Å². The first-order chi connectivity index (χ1) is 12.6. The van der Waals surface area contributed by atoms with Gasteiger partial charge in [-0.05, 0) is 25.1 Å². The highest BCUT2D eigenvalue weighted by Gasteiger charge is 2.07. The zero-order valence-electron chi connectivity index (χ0n) is 15.5. The number of amides is 1. The first-order valence-electron chi connectivity index (χ1n) is 8.63. The highest BCUT2D eigenvalue weighted by Crippen LogP contribution is 2.25. The van der Waals surface area contributed by atoms with Crippen LogP contribution in [-0.2, 0) is 11.3 Å². The summed E-state index contributed by atoms with van der Waals surface area (Å²) in [4.78, 5) is 17.8. The lowest BCUT2D eigenvalue weighted by atomic mass is 10.2. The van der Waals surface area contributed by atoms with E-state index in [2.05, 4.69) is 15.6 Å². The summed E-state index contributed by atoms with van der Waals surface area (Å²) in [5.41, 5.74) is 0.965. The normalized spacial score (nSPS) is 11.0. The van der Waals surface area contributed by atoms with Gasteiger partial charge in [0.25, 0.3) is 0 Å². The van der Waals surface area contributed by atoms with Crippen molar-refractivity contribution < 1.29 is 9.53 Å². The van der Waals surface area contributed by atoms with E-state index in [0.717, 1.165) is 17.1 Å². The Labute approximate surface area is 154 Å². The molecule has 0 saturated heterocycles. The summed E-state index contributed by atoms with van der Waals surface area (Å²) in [6.07, 6.45) is 0. The molecule has 0 aliphatic carbocycles. The van der Waals surface area contributed by atoms with Crippen molar-refractivity contribution in [1.29, 1.82) is 0 Å². The molecule has 138 valence electrons. The molecule has 0 unspecified atom stereocenters. The number of carbonyl (C=O) groups is 1. The van der Waals surface area contributed by atoms with Crippen LogP contribution in [0.25, 0.3) is 0 Å². The van der Waals surface area contributed by atoms with Gasteiger partial charge in [0.2, 0.25) is 5.91 Å². The van der Waals surface area contributed by atoms with Crippen molar-refractivity contribution in [2.24, 2.45) is 4.99 Å². The second-order valence-electron chi connectivity index (χ2n) is 5.86. The molecule has 2 rings (SSSR count). The SMILES string of the molecule is CCNC(=NCc1ccccc1Oc1ccccc1)NCC(=O)N(C)C. The van der Waals surface area contributed by atoms with Gasteiger partial charge >= 0.3 is 0 Å². The molecule has 1 amide bonds. The molecule has 6 nitrogen and oxygen atoms in total. The number of nitrogens with zero attached hydrogens (tertiary/aromatic N) is 2. The molecule has 2 aromatic rings. The topological polar surface area (TPSA) is 66.0 Å². The van der Waals surface area contributed by atoms with E-state index in [1.807, 2.05) is 61.5 Å². The Morgan fingerprint density at radius 3 is 2.42 bits per heavy atom. The minimum Gasteiger partial charge on any atom is -0.457 e. The summed E-state index contributed by atoms with van der Waals surface area (Å²) in [6.45, 7) is 3.33. The molecule has 0 saturated carbocycles. The predicted molar refractivity (Wildman–Crippen MR) is 104 cm³/mol. The largest absolute Gasteiger partial charge is 0.457 e. The van der Waals surface area contributed by atoms with E-state index in [1.165, 1.54) is 0 Å². The number of hydrogen-bond acceptors (Lipinski definition) is 3. The maximum absolute atomic E-state index is 11.7. The van der Waals surface area contributed by atoms with Crippen LogP contribution < -0.4 is 15.4 Å². The predicted octanol–water partition coefficient (Wildman–Crippen LogP) is 2.62. The highest BCUT2D eigenvalue weighted by atomic mass is 16.5. The van der Waals surface area contributed by atoms with Crippen LogP contribution >= 0.6 is 0 Å². The number of benzene rings is 2. The molecule has 0 spiro atoms. The summed E-state index contributed by atoms with van der Waals surface area (Å²) in [6, 6.07) is 17.5. The molecule has 0 aliphatic rings. The van der Waals surface area contributed by atoms with Gasteiger partial charge < -0.3 is 20.3 Å². The van der Waals surface area contributed by atoms with Crippen LogP contribution in [0.15, 0.2) is 59.6 Å². The van der Waals surface area contributed by atoms with Crippen LogP contribution in [0.4, 0.5) is 0 Å². The van der Waals surface area contributed by atoms with Gasteiger partial charge in [-0.2, -0.15) is 0 Å². The van der Waals surface area contributed by atoms with Crippen molar-refractivity contribution in [2.75, 3.05) is 27.2 Å². The van der Waals surface area contributed by atoms with Gasteiger partial charge in [-0.1, -0.05) is 36.4 Å². The molecule has 0 aliphatic heterocycles. The molecule has 2 aromatic carbocycles. The molecule has 0 heterocycles. The van der Waals surface area contributed by atoms with Gasteiger partial charge in [0.1, 0.15) is 11.5 Å². The summed E-state index contributed by atoms with van der Waals surface area (Å²) < 4.78 is 5.96. The van der Waals surface area contributed by atoms with Crippen molar-refractivity contribution in [3.8, 4) is 11.5 Å². The van der Waals surface area contributed by atoms with E-state index in [9.17, 15) is 4.79 Å². The van der Waals surface area contributed by atoms with Gasteiger partial charge in [-0.3, -0.25) is 4.79 Å². The number of para-hydroxylation sites is 2. The van der Waals surface area contributed by atoms with Gasteiger partial charge in [0.05, 0.1) is 13.1 Å². The van der Waals surface area contributed by atoms with Crippen molar-refractivity contribution in [2.45, 2.75) is 13.5 Å². The van der Waals surface area contributed by atoms with E-state index in [4.69, 9.17) is 4.74 Å². The molecule has 0 radical (unpaired) electrons. The van der Waals surface area contributed by atoms with Gasteiger partial charge in [0, 0.05) is 26.2 Å². The van der Waals surface area contributed by atoms with Crippen molar-refractivity contribution in [3.05, 3.63) is 60.2 Å². The third-order valence-corrected chi connectivity index (χ3v) is 3.60. The van der Waals surface area contributed by atoms with E-state index in [-0.39, 0.29) is 12.5 Å². The smallest absolute Gasteiger partial charge is 0.241 e. The minimum absolute atomic E-state index is 0.0107. The number of aliphatic imine (C=N–C) groups is 1. The zero-order valence-corrected chi connectivity index (χ0v) is 15.5. The lowest BCUT2D eigenvalue weighted by Crippen LogP contribution is -2.42. The molecule has 0 fully saturated rings. The summed E-state index contributed by atoms with van der Waals surface area (Å²) in [5.74, 6) is 2.13. The number of likely N-dealkylation sites (N-methyl/N-ethyl adjacent to an activating group) is 1. The lowest BCUT2D eigenvalue weighted by Gasteiger charge is -2.14. The third kappa shape index (κ3) is 6.12.